The largest absolute Gasteiger partial charge is 0.497 e. The number of hydrogen-bond donors (Lipinski definition) is 0. The molecule has 0 radical (unpaired) electrons. The molecule has 0 unspecified atom stereocenters. The van der Waals surface area contributed by atoms with Crippen LogP contribution in [0, 0.1) is 0 Å². The molecule has 0 N–H and O–H groups in total. The third-order valence-corrected chi connectivity index (χ3v) is 8.01. The van der Waals surface area contributed by atoms with Crippen molar-refractivity contribution in [2.45, 2.75) is 56.4 Å². The van der Waals surface area contributed by atoms with Gasteiger partial charge in [-0.25, -0.2) is 0 Å². The van der Waals surface area contributed by atoms with Gasteiger partial charge in [-0.2, -0.15) is 0 Å². The molecule has 1 saturated heterocycles. The molecule has 2 aromatic carbocycles. The second-order valence-corrected chi connectivity index (χ2v) is 10.1. The molecule has 0 amide bonds. The van der Waals surface area contributed by atoms with Gasteiger partial charge in [0, 0.05) is 33.7 Å². The van der Waals surface area contributed by atoms with Crippen molar-refractivity contribution in [2.75, 3.05) is 32.5 Å². The van der Waals surface area contributed by atoms with Gasteiger partial charge in [0.15, 0.2) is 0 Å². The maximum absolute atomic E-state index is 5.57. The van der Waals surface area contributed by atoms with Crippen LogP contribution in [0.4, 0.5) is 0 Å². The van der Waals surface area contributed by atoms with Gasteiger partial charge >= 0.3 is 0 Å². The van der Waals surface area contributed by atoms with Gasteiger partial charge in [0.1, 0.15) is 5.75 Å². The van der Waals surface area contributed by atoms with E-state index in [2.05, 4.69) is 51.9 Å². The molecule has 2 aliphatic rings. The van der Waals surface area contributed by atoms with Gasteiger partial charge < -0.3 is 14.2 Å². The Kier molecular flexibility index (Phi) is 6.56. The van der Waals surface area contributed by atoms with Crippen LogP contribution < -0.4 is 4.74 Å². The van der Waals surface area contributed by atoms with Crippen LogP contribution in [0.15, 0.2) is 47.4 Å². The minimum absolute atomic E-state index is 0.958. The number of ether oxygens (including phenoxy) is 1. The van der Waals surface area contributed by atoms with Crippen molar-refractivity contribution >= 4 is 22.7 Å². The molecule has 0 spiro atoms. The van der Waals surface area contributed by atoms with Crippen molar-refractivity contribution in [1.29, 1.82) is 0 Å². The number of rotatable bonds is 7. The molecule has 3 nitrogen and oxygen atoms in total. The lowest BCUT2D eigenvalue weighted by Crippen LogP contribution is -2.30. The van der Waals surface area contributed by atoms with E-state index < -0.39 is 0 Å². The maximum Gasteiger partial charge on any atom is 0.119 e. The molecular weight excluding hydrogens is 400 g/mol. The number of unbranched alkanes of at least 4 members (excludes halogenated alkanes) is 2. The lowest BCUT2D eigenvalue weighted by atomic mass is 10.0. The molecule has 164 valence electrons. The zero-order valence-corrected chi connectivity index (χ0v) is 19.6. The summed E-state index contributed by atoms with van der Waals surface area (Å²) in [5, 5.41) is 1.37. The molecule has 5 rings (SSSR count). The number of nitrogens with zero attached hydrogens (tertiary/aromatic N) is 2. The summed E-state index contributed by atoms with van der Waals surface area (Å²) in [6, 6.07) is 15.6. The number of methoxy groups -OCH3 is 1. The molecule has 3 aromatic rings. The zero-order chi connectivity index (χ0) is 21.0. The highest BCUT2D eigenvalue weighted by Crippen LogP contribution is 2.43. The van der Waals surface area contributed by atoms with Gasteiger partial charge in [-0.1, -0.05) is 31.0 Å². The summed E-state index contributed by atoms with van der Waals surface area (Å²) >= 11 is 2.00. The summed E-state index contributed by atoms with van der Waals surface area (Å²) in [5.41, 5.74) is 5.71. The van der Waals surface area contributed by atoms with Crippen LogP contribution in [0.5, 0.6) is 5.75 Å². The number of aryl methyl sites for hydroxylation is 2. The average molecular weight is 435 g/mol. The van der Waals surface area contributed by atoms with E-state index in [1.54, 1.807) is 7.11 Å². The molecular formula is C27H34N2OS. The first-order valence-corrected chi connectivity index (χ1v) is 13.0. The van der Waals surface area contributed by atoms with Gasteiger partial charge in [-0.15, -0.1) is 11.8 Å². The number of fused-ring (bicyclic) bond motifs is 5. The Balaban J connectivity index is 1.41. The van der Waals surface area contributed by atoms with Crippen molar-refractivity contribution < 1.29 is 4.74 Å². The summed E-state index contributed by atoms with van der Waals surface area (Å²) in [7, 11) is 1.77. The third kappa shape index (κ3) is 4.38. The van der Waals surface area contributed by atoms with Crippen molar-refractivity contribution in [3.63, 3.8) is 0 Å². The molecule has 1 fully saturated rings. The van der Waals surface area contributed by atoms with E-state index in [4.69, 9.17) is 4.74 Å². The summed E-state index contributed by atoms with van der Waals surface area (Å²) in [5.74, 6) is 2.09. The topological polar surface area (TPSA) is 17.4 Å². The number of hydrogen-bond acceptors (Lipinski definition) is 3. The summed E-state index contributed by atoms with van der Waals surface area (Å²) < 4.78 is 8.18. The van der Waals surface area contributed by atoms with Crippen molar-refractivity contribution in [1.82, 2.24) is 9.47 Å². The average Bonchev–Trinajstić information content (AvgIpc) is 2.98. The van der Waals surface area contributed by atoms with Crippen molar-refractivity contribution in [3.05, 3.63) is 48.0 Å². The van der Waals surface area contributed by atoms with Crippen LogP contribution in [0.25, 0.3) is 22.2 Å². The van der Waals surface area contributed by atoms with Crippen LogP contribution in [0.2, 0.25) is 0 Å². The molecule has 0 bridgehead atoms. The van der Waals surface area contributed by atoms with Crippen molar-refractivity contribution in [2.24, 2.45) is 0 Å². The van der Waals surface area contributed by atoms with Crippen LogP contribution in [-0.4, -0.2) is 42.0 Å². The summed E-state index contributed by atoms with van der Waals surface area (Å²) in [6.45, 7) is 5.00. The Hall–Kier alpha value is -1.91. The first-order valence-electron chi connectivity index (χ1n) is 12.0. The third-order valence-electron chi connectivity index (χ3n) is 6.93. The SMILES string of the molecule is COc1ccc2c(c1)c1c(n2CCCCCN2CCCCC2)-c2ccccc2SCC1. The first-order chi connectivity index (χ1) is 15.3. The quantitative estimate of drug-likeness (QED) is 0.389. The van der Waals surface area contributed by atoms with E-state index in [9.17, 15) is 0 Å². The first kappa shape index (κ1) is 21.0. The Labute approximate surface area is 190 Å². The second-order valence-electron chi connectivity index (χ2n) is 8.92. The minimum Gasteiger partial charge on any atom is -0.497 e. The highest BCUT2D eigenvalue weighted by atomic mass is 32.2. The predicted octanol–water partition coefficient (Wildman–Crippen LogP) is 6.62. The van der Waals surface area contributed by atoms with Crippen LogP contribution in [0.3, 0.4) is 0 Å². The lowest BCUT2D eigenvalue weighted by molar-refractivity contribution is 0.224. The Morgan fingerprint density at radius 2 is 1.77 bits per heavy atom. The fraction of sp³-hybridized carbons (Fsp3) is 0.481. The molecule has 3 heterocycles. The van der Waals surface area contributed by atoms with E-state index >= 15 is 0 Å². The highest BCUT2D eigenvalue weighted by Gasteiger charge is 2.23. The van der Waals surface area contributed by atoms with Crippen LogP contribution >= 0.6 is 11.8 Å². The molecule has 0 saturated carbocycles. The van der Waals surface area contributed by atoms with E-state index in [0.717, 1.165) is 24.5 Å². The van der Waals surface area contributed by atoms with Crippen LogP contribution in [-0.2, 0) is 13.0 Å². The number of benzene rings is 2. The molecule has 1 aromatic heterocycles. The van der Waals surface area contributed by atoms with Crippen LogP contribution in [0.1, 0.15) is 44.1 Å². The lowest BCUT2D eigenvalue weighted by Gasteiger charge is -2.26. The molecule has 0 atom stereocenters. The van der Waals surface area contributed by atoms with E-state index in [1.807, 2.05) is 11.8 Å². The molecule has 2 aliphatic heterocycles. The van der Waals surface area contributed by atoms with E-state index in [-0.39, 0.29) is 0 Å². The molecule has 0 aliphatic carbocycles. The Morgan fingerprint density at radius 1 is 0.935 bits per heavy atom. The number of thioether (sulfide) groups is 1. The van der Waals surface area contributed by atoms with Gasteiger partial charge in [-0.05, 0) is 81.6 Å². The minimum atomic E-state index is 0.958. The van der Waals surface area contributed by atoms with Crippen molar-refractivity contribution in [3.8, 4) is 17.0 Å². The Morgan fingerprint density at radius 3 is 2.65 bits per heavy atom. The molecule has 31 heavy (non-hydrogen) atoms. The smallest absolute Gasteiger partial charge is 0.119 e. The standard InChI is InChI=1S/C27H34N2OS/c1-30-21-12-13-25-24(20-21)22-14-19-31-26-11-5-4-10-23(26)27(22)29(25)18-9-3-8-17-28-15-6-2-7-16-28/h4-5,10-13,20H,2-3,6-9,14-19H2,1H3. The summed E-state index contributed by atoms with van der Waals surface area (Å²) in [6.07, 6.45) is 9.18. The fourth-order valence-corrected chi connectivity index (χ4v) is 6.36. The zero-order valence-electron chi connectivity index (χ0n) is 18.7. The predicted molar refractivity (Wildman–Crippen MR) is 132 cm³/mol. The maximum atomic E-state index is 5.57. The highest BCUT2D eigenvalue weighted by molar-refractivity contribution is 7.99. The summed E-state index contributed by atoms with van der Waals surface area (Å²) in [4.78, 5) is 4.09. The normalized spacial score (nSPS) is 16.7. The fourth-order valence-electron chi connectivity index (χ4n) is 5.34. The van der Waals surface area contributed by atoms with Gasteiger partial charge in [-0.3, -0.25) is 0 Å². The number of aromatic nitrogens is 1. The number of piperidine rings is 1. The monoisotopic (exact) mass is 434 g/mol. The van der Waals surface area contributed by atoms with Gasteiger partial charge in [0.05, 0.1) is 12.8 Å². The second kappa shape index (κ2) is 9.70. The van der Waals surface area contributed by atoms with E-state index in [0.29, 0.717) is 0 Å². The Bertz CT molecular complexity index is 1040. The van der Waals surface area contributed by atoms with Gasteiger partial charge in [0.25, 0.3) is 0 Å². The number of likely N-dealkylation sites (tertiary alicyclic amines) is 1. The van der Waals surface area contributed by atoms with E-state index in [1.165, 1.54) is 90.8 Å². The molecule has 4 heteroatoms. The van der Waals surface area contributed by atoms with Gasteiger partial charge in [0.2, 0.25) is 0 Å².